The summed E-state index contributed by atoms with van der Waals surface area (Å²) in [6.45, 7) is 3.40. The lowest BCUT2D eigenvalue weighted by Crippen LogP contribution is -2.45. The van der Waals surface area contributed by atoms with E-state index in [1.807, 2.05) is 24.4 Å². The van der Waals surface area contributed by atoms with E-state index < -0.39 is 10.0 Å². The number of nitrogens with zero attached hydrogens (tertiary/aromatic N) is 3. The van der Waals surface area contributed by atoms with Gasteiger partial charge in [0.05, 0.1) is 4.90 Å². The van der Waals surface area contributed by atoms with Crippen molar-refractivity contribution in [2.24, 2.45) is 0 Å². The van der Waals surface area contributed by atoms with Gasteiger partial charge < -0.3 is 5.32 Å². The number of nitrogens with one attached hydrogen (secondary N) is 1. The van der Waals surface area contributed by atoms with E-state index in [4.69, 9.17) is 0 Å². The number of halogens is 1. The topological polar surface area (TPSA) is 65.5 Å². The van der Waals surface area contributed by atoms with Gasteiger partial charge in [-0.25, -0.2) is 12.7 Å². The van der Waals surface area contributed by atoms with Gasteiger partial charge >= 0.3 is 0 Å². The van der Waals surface area contributed by atoms with Crippen molar-refractivity contribution in [3.05, 3.63) is 59.9 Å². The zero-order valence-electron chi connectivity index (χ0n) is 15.0. The summed E-state index contributed by atoms with van der Waals surface area (Å²) in [5.41, 5.74) is 2.17. The van der Waals surface area contributed by atoms with Gasteiger partial charge in [0.25, 0.3) is 0 Å². The lowest BCUT2D eigenvalue weighted by Gasteiger charge is -2.36. The molecule has 0 spiro atoms. The maximum absolute atomic E-state index is 12.4. The summed E-state index contributed by atoms with van der Waals surface area (Å²) in [6.07, 6.45) is 3.68. The van der Waals surface area contributed by atoms with Crippen LogP contribution in [0.3, 0.4) is 0 Å². The van der Waals surface area contributed by atoms with E-state index >= 15 is 0 Å². The van der Waals surface area contributed by atoms with E-state index in [-0.39, 0.29) is 18.4 Å². The largest absolute Gasteiger partial charge is 0.314 e. The second kappa shape index (κ2) is 8.92. The van der Waals surface area contributed by atoms with E-state index in [9.17, 15) is 8.42 Å². The second-order valence-electron chi connectivity index (χ2n) is 6.41. The quantitative estimate of drug-likeness (QED) is 0.836. The van der Waals surface area contributed by atoms with Gasteiger partial charge in [0, 0.05) is 58.7 Å². The molecule has 1 aromatic carbocycles. The first-order chi connectivity index (χ1) is 12.0. The summed E-state index contributed by atoms with van der Waals surface area (Å²) in [5.74, 6) is 0. The highest BCUT2D eigenvalue weighted by atomic mass is 35.5. The Morgan fingerprint density at radius 2 is 2.08 bits per heavy atom. The van der Waals surface area contributed by atoms with Crippen molar-refractivity contribution in [3.8, 4) is 0 Å². The lowest BCUT2D eigenvalue weighted by molar-refractivity contribution is 0.153. The molecule has 8 heteroatoms. The predicted molar refractivity (Wildman–Crippen MR) is 105 cm³/mol. The minimum absolute atomic E-state index is 0. The van der Waals surface area contributed by atoms with E-state index in [1.165, 1.54) is 9.87 Å². The van der Waals surface area contributed by atoms with E-state index in [0.717, 1.165) is 25.2 Å². The molecule has 2 heterocycles. The van der Waals surface area contributed by atoms with Crippen LogP contribution in [0.5, 0.6) is 0 Å². The van der Waals surface area contributed by atoms with Gasteiger partial charge in [-0.1, -0.05) is 18.2 Å². The molecule has 1 aliphatic rings. The first kappa shape index (κ1) is 20.8. The fourth-order valence-corrected chi connectivity index (χ4v) is 4.06. The van der Waals surface area contributed by atoms with Crippen molar-refractivity contribution in [2.45, 2.75) is 17.5 Å². The van der Waals surface area contributed by atoms with Crippen molar-refractivity contribution >= 4 is 22.4 Å². The Kier molecular flexibility index (Phi) is 7.14. The molecule has 1 aliphatic heterocycles. The molecular weight excluding hydrogens is 372 g/mol. The number of sulfonamides is 1. The highest BCUT2D eigenvalue weighted by molar-refractivity contribution is 7.89. The van der Waals surface area contributed by atoms with E-state index in [1.54, 1.807) is 32.4 Å². The Morgan fingerprint density at radius 1 is 1.27 bits per heavy atom. The SMILES string of the molecule is CN(C)S(=O)(=O)c1cccc(CN2CCNCC2c2cccnc2)c1.Cl. The molecule has 26 heavy (non-hydrogen) atoms. The number of pyridine rings is 1. The van der Waals surface area contributed by atoms with Crippen molar-refractivity contribution in [1.29, 1.82) is 0 Å². The zero-order chi connectivity index (χ0) is 17.9. The number of benzene rings is 1. The smallest absolute Gasteiger partial charge is 0.242 e. The third-order valence-electron chi connectivity index (χ3n) is 4.49. The zero-order valence-corrected chi connectivity index (χ0v) is 16.6. The van der Waals surface area contributed by atoms with Gasteiger partial charge in [-0.05, 0) is 29.3 Å². The minimum Gasteiger partial charge on any atom is -0.314 e. The second-order valence-corrected chi connectivity index (χ2v) is 8.56. The average molecular weight is 397 g/mol. The van der Waals surface area contributed by atoms with Crippen LogP contribution in [0.1, 0.15) is 17.2 Å². The van der Waals surface area contributed by atoms with Gasteiger partial charge in [-0.15, -0.1) is 12.4 Å². The van der Waals surface area contributed by atoms with Crippen LogP contribution in [0, 0.1) is 0 Å². The number of piperazine rings is 1. The summed E-state index contributed by atoms with van der Waals surface area (Å²) in [7, 11) is -0.309. The fraction of sp³-hybridized carbons (Fsp3) is 0.389. The number of aromatic nitrogens is 1. The molecule has 0 bridgehead atoms. The lowest BCUT2D eigenvalue weighted by atomic mass is 10.0. The Labute approximate surface area is 161 Å². The van der Waals surface area contributed by atoms with Crippen LogP contribution in [0.4, 0.5) is 0 Å². The summed E-state index contributed by atoms with van der Waals surface area (Å²) >= 11 is 0. The fourth-order valence-electron chi connectivity index (χ4n) is 3.09. The Hall–Kier alpha value is -1.51. The van der Waals surface area contributed by atoms with Gasteiger partial charge in [-0.3, -0.25) is 9.88 Å². The van der Waals surface area contributed by atoms with Crippen LogP contribution >= 0.6 is 12.4 Å². The van der Waals surface area contributed by atoms with Crippen LogP contribution in [0.2, 0.25) is 0 Å². The maximum Gasteiger partial charge on any atom is 0.242 e. The highest BCUT2D eigenvalue weighted by Gasteiger charge is 2.24. The molecule has 1 aromatic heterocycles. The Morgan fingerprint density at radius 3 is 2.77 bits per heavy atom. The number of hydrogen-bond donors (Lipinski definition) is 1. The van der Waals surface area contributed by atoms with Gasteiger partial charge in [0.1, 0.15) is 0 Å². The first-order valence-corrected chi connectivity index (χ1v) is 9.78. The maximum atomic E-state index is 12.4. The van der Waals surface area contributed by atoms with Gasteiger partial charge in [-0.2, -0.15) is 0 Å². The molecule has 2 aromatic rings. The van der Waals surface area contributed by atoms with Crippen LogP contribution in [-0.2, 0) is 16.6 Å². The molecule has 6 nitrogen and oxygen atoms in total. The van der Waals surface area contributed by atoms with Crippen LogP contribution in [0.15, 0.2) is 53.7 Å². The first-order valence-electron chi connectivity index (χ1n) is 8.34. The van der Waals surface area contributed by atoms with Crippen LogP contribution < -0.4 is 5.32 Å². The molecule has 3 rings (SSSR count). The summed E-state index contributed by atoms with van der Waals surface area (Å²) in [4.78, 5) is 6.93. The minimum atomic E-state index is -3.41. The molecule has 1 saturated heterocycles. The van der Waals surface area contributed by atoms with Crippen molar-refractivity contribution in [1.82, 2.24) is 19.5 Å². The predicted octanol–water partition coefficient (Wildman–Crippen LogP) is 1.90. The van der Waals surface area contributed by atoms with Crippen molar-refractivity contribution in [2.75, 3.05) is 33.7 Å². The third kappa shape index (κ3) is 4.61. The summed E-state index contributed by atoms with van der Waals surface area (Å²) < 4.78 is 26.0. The molecular formula is C18H25ClN4O2S. The molecule has 0 saturated carbocycles. The number of rotatable bonds is 5. The average Bonchev–Trinajstić information content (AvgIpc) is 2.63. The molecule has 1 N–H and O–H groups in total. The summed E-state index contributed by atoms with van der Waals surface area (Å²) in [5, 5.41) is 3.43. The Bertz CT molecular complexity index is 815. The molecule has 1 unspecified atom stereocenters. The monoisotopic (exact) mass is 396 g/mol. The number of hydrogen-bond acceptors (Lipinski definition) is 5. The molecule has 0 radical (unpaired) electrons. The van der Waals surface area contributed by atoms with E-state index in [0.29, 0.717) is 11.4 Å². The standard InChI is InChI=1S/C18H24N4O2S.ClH/c1-21(2)25(23,24)17-7-3-5-15(11-17)14-22-10-9-20-13-18(22)16-6-4-8-19-12-16;/h3-8,11-12,18,20H,9-10,13-14H2,1-2H3;1H. The molecule has 0 aliphatic carbocycles. The van der Waals surface area contributed by atoms with Crippen molar-refractivity contribution < 1.29 is 8.42 Å². The Balaban J connectivity index is 0.00000243. The molecule has 142 valence electrons. The van der Waals surface area contributed by atoms with Gasteiger partial charge in [0.15, 0.2) is 0 Å². The van der Waals surface area contributed by atoms with Crippen LogP contribution in [0.25, 0.3) is 0 Å². The van der Waals surface area contributed by atoms with Gasteiger partial charge in [0.2, 0.25) is 10.0 Å². The summed E-state index contributed by atoms with van der Waals surface area (Å²) in [6, 6.07) is 11.5. The molecule has 1 fully saturated rings. The third-order valence-corrected chi connectivity index (χ3v) is 6.30. The van der Waals surface area contributed by atoms with E-state index in [2.05, 4.69) is 21.3 Å². The van der Waals surface area contributed by atoms with Crippen LogP contribution in [-0.4, -0.2) is 56.3 Å². The van der Waals surface area contributed by atoms with Crippen molar-refractivity contribution in [3.63, 3.8) is 0 Å². The molecule has 1 atom stereocenters. The normalized spacial score (nSPS) is 18.5. The molecule has 0 amide bonds. The highest BCUT2D eigenvalue weighted by Crippen LogP contribution is 2.24.